The van der Waals surface area contributed by atoms with E-state index in [1.807, 2.05) is 11.8 Å². The highest BCUT2D eigenvalue weighted by Gasteiger charge is 2.80. The van der Waals surface area contributed by atoms with Gasteiger partial charge in [-0.2, -0.15) is 11.8 Å². The van der Waals surface area contributed by atoms with Crippen molar-refractivity contribution in [1.82, 2.24) is 26.6 Å². The SMILES string of the molecule is CC(=O)O[C@@]12CO[C@@H]1C[C@H](OC(=O)NCCCCNC(=O)CCCC[C@@H]1SC[C@@H]3NCN[C@@H]31)[C@@]1(C)C(=O)C(=O)C3C(C)[C@@H](OC(=O)[C@H](O)[C@@H](NC(=O)OC(C)(C)C)c4ccccc4)C[C@@](O)([C@@H](OC(=O)c4ccccc4)C12)C3(C)C. The number of aliphatic hydroxyl groups excluding tert-OH is 1. The highest BCUT2D eigenvalue weighted by Crippen LogP contribution is 2.65. The number of amides is 3. The first-order valence-corrected chi connectivity index (χ1v) is 29.0. The quantitative estimate of drug-likeness (QED) is 0.0438. The molecule has 2 bridgehead atoms. The van der Waals surface area contributed by atoms with Crippen molar-refractivity contribution in [2.45, 2.75) is 177 Å². The average molecular weight is 1130 g/mol. The molecule has 80 heavy (non-hydrogen) atoms. The minimum absolute atomic E-state index is 0.0356. The van der Waals surface area contributed by atoms with E-state index < -0.39 is 130 Å². The van der Waals surface area contributed by atoms with Crippen molar-refractivity contribution < 1.29 is 77.0 Å². The molecule has 0 aromatic heterocycles. The highest BCUT2D eigenvalue weighted by atomic mass is 32.2. The Morgan fingerprint density at radius 3 is 2.20 bits per heavy atom. The molecule has 3 aliphatic carbocycles. The summed E-state index contributed by atoms with van der Waals surface area (Å²) in [6, 6.07) is 15.5. The molecule has 438 valence electrons. The Bertz CT molecular complexity index is 2620. The van der Waals surface area contributed by atoms with Crippen molar-refractivity contribution in [3.8, 4) is 0 Å². The lowest BCUT2D eigenvalue weighted by Crippen LogP contribution is -2.83. The summed E-state index contributed by atoms with van der Waals surface area (Å²) in [6.07, 6.45) is -6.68. The summed E-state index contributed by atoms with van der Waals surface area (Å²) in [5.41, 5.74) is -8.85. The maximum Gasteiger partial charge on any atom is 0.408 e. The smallest absolute Gasteiger partial charge is 0.408 e. The molecule has 3 saturated carbocycles. The zero-order chi connectivity index (χ0) is 58.0. The number of esters is 3. The fraction of sp³-hybridized carbons (Fsp3) is 0.655. The summed E-state index contributed by atoms with van der Waals surface area (Å²) in [5, 5.41) is 41.5. The molecule has 6 fully saturated rings. The van der Waals surface area contributed by atoms with E-state index in [2.05, 4.69) is 26.6 Å². The third-order valence-electron chi connectivity index (χ3n) is 17.5. The van der Waals surface area contributed by atoms with Crippen LogP contribution in [0.25, 0.3) is 0 Å². The van der Waals surface area contributed by atoms with Gasteiger partial charge >= 0.3 is 30.1 Å². The number of fused-ring (bicyclic) bond motifs is 6. The number of alkyl carbamates (subject to hydrolysis) is 2. The van der Waals surface area contributed by atoms with Crippen LogP contribution in [-0.4, -0.2) is 155 Å². The molecule has 3 aliphatic heterocycles. The zero-order valence-electron chi connectivity index (χ0n) is 46.9. The molecule has 21 nitrogen and oxygen atoms in total. The molecule has 2 aromatic rings. The van der Waals surface area contributed by atoms with Gasteiger partial charge in [0.05, 0.1) is 29.5 Å². The van der Waals surface area contributed by atoms with Gasteiger partial charge in [-0.3, -0.25) is 29.8 Å². The predicted molar refractivity (Wildman–Crippen MR) is 290 cm³/mol. The van der Waals surface area contributed by atoms with Crippen LogP contribution < -0.4 is 26.6 Å². The number of hydrogen-bond donors (Lipinski definition) is 7. The second-order valence-corrected chi connectivity index (χ2v) is 25.4. The summed E-state index contributed by atoms with van der Waals surface area (Å²) in [7, 11) is 0. The molecule has 15 atom stereocenters. The Balaban J connectivity index is 1.04. The summed E-state index contributed by atoms with van der Waals surface area (Å²) < 4.78 is 36.5. The number of aliphatic hydroxyl groups is 2. The van der Waals surface area contributed by atoms with E-state index in [9.17, 15) is 39.0 Å². The van der Waals surface area contributed by atoms with E-state index in [0.29, 0.717) is 48.7 Å². The monoisotopic (exact) mass is 1130 g/mol. The Labute approximate surface area is 471 Å². The number of nitrogens with one attached hydrogen (secondary N) is 5. The van der Waals surface area contributed by atoms with Gasteiger partial charge in [-0.25, -0.2) is 19.2 Å². The predicted octanol–water partition coefficient (Wildman–Crippen LogP) is 4.60. The van der Waals surface area contributed by atoms with Gasteiger partial charge < -0.3 is 54.6 Å². The standard InChI is InChI=1S/C58H79N5O16S/c1-32-37(75-51(70)46(67)43(34-19-11-9-12-20-34)63-53(72)79-54(3,4)5)28-58(73)49(77-50(69)35-21-13-10-14-22-35)47-56(8,48(68)45(66)42(32)55(58,6)7)39(27-40-57(47,30-74-40)78-33(2)64)76-52(71)60-26-18-17-25-59-41(65)24-16-15-23-38-44-36(29-80-38)61-31-62-44/h9-14,19-22,32,36-40,42-44,46-47,49,61-62,67,73H,15-18,23-31H2,1-8H3,(H,59,65)(H,60,71)(H,63,72)/t32?,36-,37-,38-,39-,40+,42?,43-,44-,46+,47?,49-,56+,57-,58+/m0/s1. The first kappa shape index (κ1) is 60.4. The van der Waals surface area contributed by atoms with Crippen LogP contribution in [0.5, 0.6) is 0 Å². The summed E-state index contributed by atoms with van der Waals surface area (Å²) >= 11 is 1.98. The van der Waals surface area contributed by atoms with Crippen LogP contribution in [0.4, 0.5) is 9.59 Å². The molecule has 0 radical (unpaired) electrons. The molecule has 0 spiro atoms. The summed E-state index contributed by atoms with van der Waals surface area (Å²) in [4.78, 5) is 113. The number of ketones is 2. The lowest BCUT2D eigenvalue weighted by atomic mass is 9.42. The Morgan fingerprint density at radius 1 is 0.875 bits per heavy atom. The van der Waals surface area contributed by atoms with Crippen LogP contribution >= 0.6 is 11.8 Å². The topological polar surface area (TPSA) is 293 Å². The van der Waals surface area contributed by atoms with E-state index in [-0.39, 0.29) is 31.0 Å². The van der Waals surface area contributed by atoms with Crippen molar-refractivity contribution >= 4 is 59.3 Å². The Morgan fingerprint density at radius 2 is 1.55 bits per heavy atom. The van der Waals surface area contributed by atoms with Gasteiger partial charge in [-0.1, -0.05) is 75.7 Å². The van der Waals surface area contributed by atoms with Gasteiger partial charge in [0.2, 0.25) is 17.5 Å². The number of hydrogen-bond acceptors (Lipinski definition) is 19. The van der Waals surface area contributed by atoms with Gasteiger partial charge in [-0.15, -0.1) is 0 Å². The molecule has 3 amide bonds. The van der Waals surface area contributed by atoms with Gasteiger partial charge in [0.25, 0.3) is 0 Å². The van der Waals surface area contributed by atoms with Crippen molar-refractivity contribution in [1.29, 1.82) is 0 Å². The largest absolute Gasteiger partial charge is 0.460 e. The normalized spacial score (nSPS) is 32.8. The van der Waals surface area contributed by atoms with Gasteiger partial charge in [-0.05, 0) is 71.1 Å². The second-order valence-electron chi connectivity index (χ2n) is 24.1. The van der Waals surface area contributed by atoms with E-state index in [1.165, 1.54) is 32.9 Å². The molecule has 7 N–H and O–H groups in total. The second kappa shape index (κ2) is 24.4. The lowest BCUT2D eigenvalue weighted by Gasteiger charge is -2.68. The van der Waals surface area contributed by atoms with Crippen LogP contribution in [0.3, 0.4) is 0 Å². The maximum atomic E-state index is 15.7. The van der Waals surface area contributed by atoms with Crippen LogP contribution in [0, 0.1) is 28.6 Å². The number of ether oxygens (including phenoxy) is 6. The van der Waals surface area contributed by atoms with Crippen molar-refractivity contribution in [2.75, 3.05) is 32.1 Å². The minimum Gasteiger partial charge on any atom is -0.460 e. The van der Waals surface area contributed by atoms with Crippen molar-refractivity contribution in [3.63, 3.8) is 0 Å². The zero-order valence-corrected chi connectivity index (χ0v) is 47.7. The van der Waals surface area contributed by atoms with E-state index in [1.54, 1.807) is 76.2 Å². The molecule has 2 aromatic carbocycles. The minimum atomic E-state index is -2.46. The molecule has 3 heterocycles. The third-order valence-corrected chi connectivity index (χ3v) is 19.0. The van der Waals surface area contributed by atoms with Crippen molar-refractivity contribution in [2.24, 2.45) is 28.6 Å². The fourth-order valence-corrected chi connectivity index (χ4v) is 14.9. The highest BCUT2D eigenvalue weighted by molar-refractivity contribution is 8.00. The number of rotatable bonds is 19. The van der Waals surface area contributed by atoms with E-state index in [0.717, 1.165) is 38.6 Å². The average Bonchev–Trinajstić information content (AvgIpc) is 4.12. The Kier molecular flexibility index (Phi) is 18.5. The van der Waals surface area contributed by atoms with Gasteiger partial charge in [0.15, 0.2) is 11.7 Å². The summed E-state index contributed by atoms with van der Waals surface area (Å²) in [6.45, 7) is 13.0. The molecule has 3 saturated heterocycles. The number of carbonyl (C=O) groups excluding carboxylic acids is 8. The lowest BCUT2D eigenvalue weighted by molar-refractivity contribution is -0.349. The summed E-state index contributed by atoms with van der Waals surface area (Å²) in [5.74, 6) is -8.38. The maximum absolute atomic E-state index is 15.7. The number of Topliss-reactive ketones (excluding diaryl/α,β-unsaturated/α-hetero) is 2. The van der Waals surface area contributed by atoms with Crippen LogP contribution in [-0.2, 0) is 52.4 Å². The third kappa shape index (κ3) is 12.3. The van der Waals surface area contributed by atoms with Crippen LogP contribution in [0.1, 0.15) is 129 Å². The first-order chi connectivity index (χ1) is 37.8. The first-order valence-electron chi connectivity index (χ1n) is 27.9. The number of thioether (sulfide) groups is 1. The van der Waals surface area contributed by atoms with Crippen LogP contribution in [0.2, 0.25) is 0 Å². The van der Waals surface area contributed by atoms with E-state index >= 15 is 9.59 Å². The number of carbonyl (C=O) groups is 8. The molecule has 6 aliphatic rings. The van der Waals surface area contributed by atoms with Gasteiger partial charge in [0.1, 0.15) is 35.6 Å². The molecule has 8 rings (SSSR count). The van der Waals surface area contributed by atoms with Gasteiger partial charge in [0, 0.05) is 86.3 Å². The molecular weight excluding hydrogens is 1050 g/mol. The fourth-order valence-electron chi connectivity index (χ4n) is 13.3. The molecule has 3 unspecified atom stereocenters. The van der Waals surface area contributed by atoms with Crippen molar-refractivity contribution in [3.05, 3.63) is 71.8 Å². The van der Waals surface area contributed by atoms with E-state index in [4.69, 9.17) is 28.4 Å². The van der Waals surface area contributed by atoms with Crippen LogP contribution in [0.15, 0.2) is 60.7 Å². The number of unbranched alkanes of at least 4 members (excludes halogenated alkanes) is 2. The molecule has 22 heteroatoms. The number of benzene rings is 2. The Hall–Kier alpha value is -5.65. The molecular formula is C58H79N5O16S.